The predicted molar refractivity (Wildman–Crippen MR) is 72.8 cm³/mol. The predicted octanol–water partition coefficient (Wildman–Crippen LogP) is 4.32. The summed E-state index contributed by atoms with van der Waals surface area (Å²) >= 11 is 0. The van der Waals surface area contributed by atoms with Crippen LogP contribution in [-0.4, -0.2) is 16.4 Å². The molecule has 0 spiro atoms. The largest absolute Gasteiger partial charge is 0.433 e. The fourth-order valence-electron chi connectivity index (χ4n) is 2.17. The van der Waals surface area contributed by atoms with Crippen molar-refractivity contribution in [2.75, 3.05) is 6.54 Å². The van der Waals surface area contributed by atoms with Crippen LogP contribution in [0, 0.1) is 5.41 Å². The molecule has 1 aromatic heterocycles. The van der Waals surface area contributed by atoms with Crippen LogP contribution in [0.4, 0.5) is 13.2 Å². The molecule has 0 aliphatic carbocycles. The summed E-state index contributed by atoms with van der Waals surface area (Å²) in [5, 5.41) is 0. The van der Waals surface area contributed by atoms with E-state index in [2.05, 4.69) is 32.3 Å². The van der Waals surface area contributed by atoms with Crippen LogP contribution in [0.2, 0.25) is 0 Å². The van der Waals surface area contributed by atoms with Gasteiger partial charge in [0.1, 0.15) is 5.69 Å². The second-order valence-electron chi connectivity index (χ2n) is 6.37. The SMILES string of the molecule is C=C1c2ccc(C(F)(F)F)nc2CN1CCC(C)(C)C. The molecule has 0 N–H and O–H groups in total. The molecule has 0 saturated carbocycles. The molecule has 1 aliphatic rings. The second kappa shape index (κ2) is 4.79. The first-order valence-electron chi connectivity index (χ1n) is 6.59. The first-order chi connectivity index (χ1) is 9.08. The minimum absolute atomic E-state index is 0.180. The Kier molecular flexibility index (Phi) is 3.56. The summed E-state index contributed by atoms with van der Waals surface area (Å²) in [6, 6.07) is 2.50. The number of rotatable bonds is 2. The maximum Gasteiger partial charge on any atom is 0.433 e. The van der Waals surface area contributed by atoms with Gasteiger partial charge < -0.3 is 4.90 Å². The van der Waals surface area contributed by atoms with E-state index in [0.717, 1.165) is 30.3 Å². The van der Waals surface area contributed by atoms with Gasteiger partial charge in [-0.15, -0.1) is 0 Å². The highest BCUT2D eigenvalue weighted by Gasteiger charge is 2.34. The zero-order valence-electron chi connectivity index (χ0n) is 12.0. The van der Waals surface area contributed by atoms with Crippen LogP contribution < -0.4 is 0 Å². The van der Waals surface area contributed by atoms with Gasteiger partial charge in [-0.1, -0.05) is 27.4 Å². The molecule has 5 heteroatoms. The van der Waals surface area contributed by atoms with Gasteiger partial charge in [0.25, 0.3) is 0 Å². The van der Waals surface area contributed by atoms with Crippen molar-refractivity contribution in [2.45, 2.75) is 39.9 Å². The quantitative estimate of drug-likeness (QED) is 0.804. The van der Waals surface area contributed by atoms with Gasteiger partial charge in [-0.25, -0.2) is 4.98 Å². The molecule has 110 valence electrons. The van der Waals surface area contributed by atoms with E-state index in [1.807, 2.05) is 4.90 Å². The average Bonchev–Trinajstić information content (AvgIpc) is 2.61. The summed E-state index contributed by atoms with van der Waals surface area (Å²) in [5.41, 5.74) is 1.32. The Morgan fingerprint density at radius 2 is 1.90 bits per heavy atom. The molecule has 0 radical (unpaired) electrons. The molecule has 0 unspecified atom stereocenters. The number of pyridine rings is 1. The highest BCUT2D eigenvalue weighted by molar-refractivity contribution is 5.67. The van der Waals surface area contributed by atoms with Gasteiger partial charge in [-0.3, -0.25) is 0 Å². The van der Waals surface area contributed by atoms with Crippen LogP contribution in [-0.2, 0) is 12.7 Å². The van der Waals surface area contributed by atoms with Gasteiger partial charge in [0.05, 0.1) is 12.2 Å². The van der Waals surface area contributed by atoms with Crippen LogP contribution in [0.15, 0.2) is 18.7 Å². The minimum atomic E-state index is -4.39. The molecule has 2 nitrogen and oxygen atoms in total. The number of halogens is 3. The molecule has 0 aromatic carbocycles. The first-order valence-corrected chi connectivity index (χ1v) is 6.59. The van der Waals surface area contributed by atoms with E-state index >= 15 is 0 Å². The lowest BCUT2D eigenvalue weighted by Crippen LogP contribution is -2.21. The lowest BCUT2D eigenvalue weighted by Gasteiger charge is -2.25. The number of fused-ring (bicyclic) bond motifs is 1. The summed E-state index contributed by atoms with van der Waals surface area (Å²) < 4.78 is 38.0. The summed E-state index contributed by atoms with van der Waals surface area (Å²) in [6.07, 6.45) is -3.44. The summed E-state index contributed by atoms with van der Waals surface area (Å²) in [7, 11) is 0. The van der Waals surface area contributed by atoms with Crippen molar-refractivity contribution < 1.29 is 13.2 Å². The van der Waals surface area contributed by atoms with E-state index in [9.17, 15) is 13.2 Å². The van der Waals surface area contributed by atoms with Crippen LogP contribution in [0.5, 0.6) is 0 Å². The van der Waals surface area contributed by atoms with E-state index in [-0.39, 0.29) is 5.41 Å². The molecule has 1 aromatic rings. The lowest BCUT2D eigenvalue weighted by atomic mass is 9.92. The molecule has 0 bridgehead atoms. The number of hydrogen-bond donors (Lipinski definition) is 0. The van der Waals surface area contributed by atoms with Gasteiger partial charge >= 0.3 is 6.18 Å². The Morgan fingerprint density at radius 1 is 1.25 bits per heavy atom. The molecule has 0 amide bonds. The molecule has 1 aliphatic heterocycles. The van der Waals surface area contributed by atoms with Crippen LogP contribution in [0.25, 0.3) is 5.70 Å². The monoisotopic (exact) mass is 284 g/mol. The molecule has 0 saturated heterocycles. The third-order valence-corrected chi connectivity index (χ3v) is 3.43. The molecule has 2 rings (SSSR count). The third-order valence-electron chi connectivity index (χ3n) is 3.43. The van der Waals surface area contributed by atoms with E-state index in [1.165, 1.54) is 6.07 Å². The van der Waals surface area contributed by atoms with Gasteiger partial charge in [-0.2, -0.15) is 13.2 Å². The van der Waals surface area contributed by atoms with Crippen LogP contribution in [0.3, 0.4) is 0 Å². The van der Waals surface area contributed by atoms with Crippen LogP contribution >= 0.6 is 0 Å². The Balaban J connectivity index is 2.17. The molecule has 0 atom stereocenters. The highest BCUT2D eigenvalue weighted by Crippen LogP contribution is 2.35. The van der Waals surface area contributed by atoms with Crippen molar-refractivity contribution in [3.05, 3.63) is 35.7 Å². The van der Waals surface area contributed by atoms with Crippen molar-refractivity contribution in [2.24, 2.45) is 5.41 Å². The summed E-state index contributed by atoms with van der Waals surface area (Å²) in [4.78, 5) is 5.75. The molecular formula is C15H19F3N2. The molecule has 0 fully saturated rings. The second-order valence-corrected chi connectivity index (χ2v) is 6.37. The molecule has 20 heavy (non-hydrogen) atoms. The Morgan fingerprint density at radius 3 is 2.45 bits per heavy atom. The highest BCUT2D eigenvalue weighted by atomic mass is 19.4. The maximum atomic E-state index is 12.7. The van der Waals surface area contributed by atoms with E-state index in [4.69, 9.17) is 0 Å². The molecule has 2 heterocycles. The zero-order chi connectivity index (χ0) is 15.1. The Labute approximate surface area is 117 Å². The van der Waals surface area contributed by atoms with Crippen LogP contribution in [0.1, 0.15) is 44.1 Å². The van der Waals surface area contributed by atoms with Gasteiger partial charge in [-0.05, 0) is 24.0 Å². The van der Waals surface area contributed by atoms with Gasteiger partial charge in [0, 0.05) is 17.8 Å². The normalized spacial score (nSPS) is 15.7. The Hall–Kier alpha value is -1.52. The van der Waals surface area contributed by atoms with Crippen molar-refractivity contribution in [1.29, 1.82) is 0 Å². The fourth-order valence-corrected chi connectivity index (χ4v) is 2.17. The van der Waals surface area contributed by atoms with Crippen molar-refractivity contribution >= 4 is 5.70 Å². The van der Waals surface area contributed by atoms with E-state index in [0.29, 0.717) is 12.2 Å². The van der Waals surface area contributed by atoms with E-state index in [1.54, 1.807) is 0 Å². The fraction of sp³-hybridized carbons (Fsp3) is 0.533. The number of nitrogens with zero attached hydrogens (tertiary/aromatic N) is 2. The van der Waals surface area contributed by atoms with Crippen molar-refractivity contribution in [1.82, 2.24) is 9.88 Å². The maximum absolute atomic E-state index is 12.7. The average molecular weight is 284 g/mol. The summed E-state index contributed by atoms with van der Waals surface area (Å²) in [6.45, 7) is 11.6. The molecular weight excluding hydrogens is 265 g/mol. The number of hydrogen-bond acceptors (Lipinski definition) is 2. The first kappa shape index (κ1) is 14.9. The van der Waals surface area contributed by atoms with E-state index < -0.39 is 11.9 Å². The zero-order valence-corrected chi connectivity index (χ0v) is 12.0. The Bertz CT molecular complexity index is 527. The van der Waals surface area contributed by atoms with Gasteiger partial charge in [0.15, 0.2) is 0 Å². The number of alkyl halides is 3. The van der Waals surface area contributed by atoms with Gasteiger partial charge in [0.2, 0.25) is 0 Å². The topological polar surface area (TPSA) is 16.1 Å². The standard InChI is InChI=1S/C15H19F3N2/c1-10-11-5-6-13(15(16,17)18)19-12(11)9-20(10)8-7-14(2,3)4/h5-6H,1,7-9H2,2-4H3. The van der Waals surface area contributed by atoms with Crippen molar-refractivity contribution in [3.8, 4) is 0 Å². The number of aromatic nitrogens is 1. The minimum Gasteiger partial charge on any atom is -0.366 e. The summed E-state index contributed by atoms with van der Waals surface area (Å²) in [5.74, 6) is 0. The van der Waals surface area contributed by atoms with Crippen molar-refractivity contribution in [3.63, 3.8) is 0 Å². The third kappa shape index (κ3) is 3.14. The smallest absolute Gasteiger partial charge is 0.366 e. The lowest BCUT2D eigenvalue weighted by molar-refractivity contribution is -0.141.